The summed E-state index contributed by atoms with van der Waals surface area (Å²) in [5.74, 6) is 1.08. The number of Topliss-reactive ketones (excluding diaryl/α,β-unsaturated/α-hetero) is 1. The maximum atomic E-state index is 12.9. The van der Waals surface area contributed by atoms with Crippen molar-refractivity contribution in [2.24, 2.45) is 0 Å². The number of carbonyl (C=O) groups excluding carboxylic acids is 1. The molecule has 0 bridgehead atoms. The zero-order valence-electron chi connectivity index (χ0n) is 22.2. The number of ether oxygens (including phenoxy) is 1. The zero-order valence-corrected chi connectivity index (χ0v) is 23.0. The number of nitrogens with zero attached hydrogens (tertiary/aromatic N) is 4. The number of rotatable bonds is 6. The number of ketones is 1. The molecule has 0 radical (unpaired) electrons. The van der Waals surface area contributed by atoms with Gasteiger partial charge in [0.2, 0.25) is 11.4 Å². The molecule has 2 aliphatic rings. The van der Waals surface area contributed by atoms with Crippen LogP contribution in [-0.2, 0) is 4.74 Å². The number of anilines is 3. The Hall–Kier alpha value is -4.02. The average molecular weight is 556 g/mol. The van der Waals surface area contributed by atoms with Crippen LogP contribution in [0.25, 0.3) is 32.4 Å². The van der Waals surface area contributed by atoms with Crippen LogP contribution in [0.2, 0.25) is 0 Å². The molecule has 0 amide bonds. The fraction of sp³-hybridized carbons (Fsp3) is 0.333. The Labute approximate surface area is 234 Å². The summed E-state index contributed by atoms with van der Waals surface area (Å²) in [6.07, 6.45) is 6.21. The second-order valence-electron chi connectivity index (χ2n) is 10.4. The van der Waals surface area contributed by atoms with E-state index in [0.717, 1.165) is 53.5 Å². The van der Waals surface area contributed by atoms with Gasteiger partial charge in [-0.3, -0.25) is 9.59 Å². The van der Waals surface area contributed by atoms with Crippen molar-refractivity contribution in [1.29, 1.82) is 0 Å². The van der Waals surface area contributed by atoms with Crippen LogP contribution < -0.4 is 15.6 Å². The fourth-order valence-corrected chi connectivity index (χ4v) is 6.75. The second-order valence-corrected chi connectivity index (χ2v) is 11.3. The molecule has 1 saturated carbocycles. The third kappa shape index (κ3) is 4.47. The molecule has 5 aromatic rings. The predicted octanol–water partition coefficient (Wildman–Crippen LogP) is 6.16. The molecule has 10 heteroatoms. The van der Waals surface area contributed by atoms with Crippen LogP contribution in [0.15, 0.2) is 57.2 Å². The summed E-state index contributed by atoms with van der Waals surface area (Å²) in [5, 5.41) is 6.18. The van der Waals surface area contributed by atoms with E-state index in [1.54, 1.807) is 19.2 Å². The van der Waals surface area contributed by atoms with Crippen molar-refractivity contribution in [1.82, 2.24) is 14.5 Å². The van der Waals surface area contributed by atoms with Gasteiger partial charge in [0.1, 0.15) is 10.3 Å². The second kappa shape index (κ2) is 10.2. The molecule has 1 aliphatic heterocycles. The third-order valence-corrected chi connectivity index (χ3v) is 8.79. The van der Waals surface area contributed by atoms with Crippen molar-refractivity contribution in [2.45, 2.75) is 38.6 Å². The molecule has 4 aromatic heterocycles. The van der Waals surface area contributed by atoms with Crippen LogP contribution in [0.3, 0.4) is 0 Å². The van der Waals surface area contributed by atoms with Crippen molar-refractivity contribution >= 4 is 56.0 Å². The normalized spacial score (nSPS) is 16.3. The monoisotopic (exact) mass is 555 g/mol. The van der Waals surface area contributed by atoms with Gasteiger partial charge in [-0.1, -0.05) is 25.0 Å². The molecule has 5 heterocycles. The van der Waals surface area contributed by atoms with Gasteiger partial charge in [-0.25, -0.2) is 4.98 Å². The van der Waals surface area contributed by atoms with Crippen molar-refractivity contribution in [2.75, 3.05) is 36.5 Å². The SMILES string of the molecule is CC(=O)c1cc2cnc(Nc3cccc(-c4csc5c(=O)cc(N6CCOCC6)oc45)c3)nc2n1C1CCCC1. The molecule has 1 N–H and O–H groups in total. The molecular formula is C30H29N5O4S. The molecule has 0 atom stereocenters. The lowest BCUT2D eigenvalue weighted by molar-refractivity contribution is 0.100. The van der Waals surface area contributed by atoms with E-state index in [9.17, 15) is 9.59 Å². The maximum absolute atomic E-state index is 12.9. The maximum Gasteiger partial charge on any atom is 0.229 e. The zero-order chi connectivity index (χ0) is 27.2. The van der Waals surface area contributed by atoms with Gasteiger partial charge in [0.15, 0.2) is 17.3 Å². The molecule has 0 spiro atoms. The van der Waals surface area contributed by atoms with Crippen LogP contribution in [-0.4, -0.2) is 46.6 Å². The quantitative estimate of drug-likeness (QED) is 0.248. The van der Waals surface area contributed by atoms with Gasteiger partial charge in [-0.2, -0.15) is 4.98 Å². The molecule has 1 aliphatic carbocycles. The number of nitrogens with one attached hydrogen (secondary N) is 1. The molecule has 1 aromatic carbocycles. The van der Waals surface area contributed by atoms with Gasteiger partial charge in [0, 0.05) is 60.3 Å². The molecule has 204 valence electrons. The molecule has 40 heavy (non-hydrogen) atoms. The molecule has 7 rings (SSSR count). The highest BCUT2D eigenvalue weighted by molar-refractivity contribution is 7.17. The number of morpholine rings is 1. The fourth-order valence-electron chi connectivity index (χ4n) is 5.83. The van der Waals surface area contributed by atoms with Crippen LogP contribution in [0, 0.1) is 0 Å². The highest BCUT2D eigenvalue weighted by Gasteiger charge is 2.24. The number of thiophene rings is 1. The van der Waals surface area contributed by atoms with Crippen LogP contribution in [0.1, 0.15) is 49.1 Å². The van der Waals surface area contributed by atoms with E-state index in [1.165, 1.54) is 11.3 Å². The number of aromatic nitrogens is 3. The number of hydrogen-bond acceptors (Lipinski definition) is 9. The predicted molar refractivity (Wildman–Crippen MR) is 157 cm³/mol. The summed E-state index contributed by atoms with van der Waals surface area (Å²) in [6, 6.07) is 11.7. The Morgan fingerprint density at radius 3 is 2.75 bits per heavy atom. The Morgan fingerprint density at radius 1 is 1.12 bits per heavy atom. The Balaban J connectivity index is 1.23. The van der Waals surface area contributed by atoms with Crippen molar-refractivity contribution < 1.29 is 13.9 Å². The first-order valence-electron chi connectivity index (χ1n) is 13.7. The average Bonchev–Trinajstić information content (AvgIpc) is 3.72. The smallest absolute Gasteiger partial charge is 0.229 e. The standard InChI is InChI=1S/C30H29N5O4S/c1-18(36)24-14-20-16-31-30(33-29(20)35(24)22-7-2-3-8-22)32-21-6-4-5-19(13-21)23-17-40-28-25(37)15-26(39-27(23)28)34-9-11-38-12-10-34/h4-6,13-17,22H,2-3,7-12H2,1H3,(H,31,32,33). The lowest BCUT2D eigenvalue weighted by Gasteiger charge is -2.27. The first kappa shape index (κ1) is 25.0. The Bertz CT molecular complexity index is 1790. The molecular weight excluding hydrogens is 526 g/mol. The van der Waals surface area contributed by atoms with E-state index in [-0.39, 0.29) is 17.3 Å². The van der Waals surface area contributed by atoms with Crippen molar-refractivity contribution in [3.05, 3.63) is 63.9 Å². The van der Waals surface area contributed by atoms with Crippen LogP contribution >= 0.6 is 11.3 Å². The van der Waals surface area contributed by atoms with E-state index < -0.39 is 0 Å². The molecule has 1 saturated heterocycles. The van der Waals surface area contributed by atoms with Crippen LogP contribution in [0.5, 0.6) is 0 Å². The van der Waals surface area contributed by atoms with E-state index in [0.29, 0.717) is 54.1 Å². The Kier molecular flexibility index (Phi) is 6.36. The van der Waals surface area contributed by atoms with Crippen molar-refractivity contribution in [3.8, 4) is 11.1 Å². The van der Waals surface area contributed by atoms with E-state index >= 15 is 0 Å². The highest BCUT2D eigenvalue weighted by atomic mass is 32.1. The van der Waals surface area contributed by atoms with E-state index in [1.807, 2.05) is 35.7 Å². The summed E-state index contributed by atoms with van der Waals surface area (Å²) in [5.41, 5.74) is 4.64. The van der Waals surface area contributed by atoms with Crippen LogP contribution in [0.4, 0.5) is 17.5 Å². The first-order chi connectivity index (χ1) is 19.5. The minimum absolute atomic E-state index is 0.0369. The molecule has 0 unspecified atom stereocenters. The van der Waals surface area contributed by atoms with E-state index in [2.05, 4.69) is 19.8 Å². The molecule has 9 nitrogen and oxygen atoms in total. The van der Waals surface area contributed by atoms with Gasteiger partial charge in [-0.15, -0.1) is 11.3 Å². The largest absolute Gasteiger partial charge is 0.439 e. The summed E-state index contributed by atoms with van der Waals surface area (Å²) in [4.78, 5) is 36.8. The number of hydrogen-bond donors (Lipinski definition) is 1. The molecule has 2 fully saturated rings. The van der Waals surface area contributed by atoms with Gasteiger partial charge in [0.05, 0.1) is 18.9 Å². The topological polar surface area (TPSA) is 102 Å². The lowest BCUT2D eigenvalue weighted by Crippen LogP contribution is -2.36. The van der Waals surface area contributed by atoms with Crippen molar-refractivity contribution in [3.63, 3.8) is 0 Å². The summed E-state index contributed by atoms with van der Waals surface area (Å²) in [6.45, 7) is 4.21. The highest BCUT2D eigenvalue weighted by Crippen LogP contribution is 2.37. The number of carbonyl (C=O) groups is 1. The minimum atomic E-state index is -0.0369. The third-order valence-electron chi connectivity index (χ3n) is 7.81. The van der Waals surface area contributed by atoms with Gasteiger partial charge < -0.3 is 23.9 Å². The first-order valence-corrected chi connectivity index (χ1v) is 14.6. The summed E-state index contributed by atoms with van der Waals surface area (Å²) < 4.78 is 14.5. The summed E-state index contributed by atoms with van der Waals surface area (Å²) >= 11 is 1.40. The summed E-state index contributed by atoms with van der Waals surface area (Å²) in [7, 11) is 0. The Morgan fingerprint density at radius 2 is 1.95 bits per heavy atom. The number of benzene rings is 1. The lowest BCUT2D eigenvalue weighted by atomic mass is 10.1. The van der Waals surface area contributed by atoms with E-state index in [4.69, 9.17) is 14.1 Å². The number of fused-ring (bicyclic) bond motifs is 2. The van der Waals surface area contributed by atoms with Gasteiger partial charge in [0.25, 0.3) is 0 Å². The van der Waals surface area contributed by atoms with Gasteiger partial charge >= 0.3 is 0 Å². The van der Waals surface area contributed by atoms with Gasteiger partial charge in [-0.05, 0) is 36.6 Å². The minimum Gasteiger partial charge on any atom is -0.439 e.